The van der Waals surface area contributed by atoms with Crippen LogP contribution in [0.5, 0.6) is 11.5 Å². The molecule has 5 rings (SSSR count). The fraction of sp³-hybridized carbons (Fsp3) is 0. The van der Waals surface area contributed by atoms with Gasteiger partial charge in [0.25, 0.3) is 6.47 Å². The van der Waals surface area contributed by atoms with Gasteiger partial charge in [-0.3, -0.25) is 9.59 Å². The summed E-state index contributed by atoms with van der Waals surface area (Å²) in [6, 6.07) is 23.9. The minimum absolute atomic E-state index is 0.0506. The van der Waals surface area contributed by atoms with Crippen LogP contribution in [-0.2, 0) is 4.79 Å². The first-order valence-corrected chi connectivity index (χ1v) is 10.7. The van der Waals surface area contributed by atoms with Crippen molar-refractivity contribution in [3.05, 3.63) is 95.5 Å². The van der Waals surface area contributed by atoms with Crippen molar-refractivity contribution in [2.75, 3.05) is 0 Å². The number of phenols is 1. The summed E-state index contributed by atoms with van der Waals surface area (Å²) in [7, 11) is 0. The Kier molecular flexibility index (Phi) is 5.05. The van der Waals surface area contributed by atoms with Crippen molar-refractivity contribution in [1.82, 2.24) is 4.98 Å². The fourth-order valence-electron chi connectivity index (χ4n) is 3.73. The molecule has 3 aromatic carbocycles. The molecule has 0 spiro atoms. The van der Waals surface area contributed by atoms with Crippen LogP contribution in [0, 0.1) is 0 Å². The molecule has 0 bridgehead atoms. The lowest BCUT2D eigenvalue weighted by atomic mass is 9.97. The van der Waals surface area contributed by atoms with E-state index in [4.69, 9.17) is 4.74 Å². The molecular formula is C26H17NO4S. The molecule has 6 heteroatoms. The topological polar surface area (TPSA) is 79.4 Å². The summed E-state index contributed by atoms with van der Waals surface area (Å²) in [5, 5.41) is 10.9. The number of aromatic amines is 1. The molecule has 32 heavy (non-hydrogen) atoms. The summed E-state index contributed by atoms with van der Waals surface area (Å²) >= 11 is 1.38. The lowest BCUT2D eigenvalue weighted by Crippen LogP contribution is -2.00. The smallest absolute Gasteiger partial charge is 0.298 e. The largest absolute Gasteiger partial charge is 0.508 e. The van der Waals surface area contributed by atoms with Crippen molar-refractivity contribution >= 4 is 33.7 Å². The highest BCUT2D eigenvalue weighted by Crippen LogP contribution is 2.41. The van der Waals surface area contributed by atoms with Crippen LogP contribution in [0.1, 0.15) is 15.2 Å². The van der Waals surface area contributed by atoms with Crippen LogP contribution >= 0.6 is 11.3 Å². The van der Waals surface area contributed by atoms with E-state index in [1.165, 1.54) is 11.3 Å². The van der Waals surface area contributed by atoms with Gasteiger partial charge in [-0.15, -0.1) is 11.3 Å². The molecule has 2 N–H and O–H groups in total. The Labute approximate surface area is 187 Å². The third-order valence-electron chi connectivity index (χ3n) is 5.24. The number of ether oxygens (including phenoxy) is 1. The van der Waals surface area contributed by atoms with E-state index < -0.39 is 0 Å². The molecule has 5 aromatic rings. The zero-order valence-electron chi connectivity index (χ0n) is 16.7. The average Bonchev–Trinajstić information content (AvgIpc) is 3.44. The molecule has 0 atom stereocenters. The summed E-state index contributed by atoms with van der Waals surface area (Å²) in [5.41, 5.74) is 4.11. The number of carbonyl (C=O) groups excluding carboxylic acids is 2. The second-order valence-corrected chi connectivity index (χ2v) is 8.27. The van der Waals surface area contributed by atoms with Crippen molar-refractivity contribution in [1.29, 1.82) is 0 Å². The van der Waals surface area contributed by atoms with E-state index in [2.05, 4.69) is 4.98 Å². The van der Waals surface area contributed by atoms with Gasteiger partial charge >= 0.3 is 0 Å². The quantitative estimate of drug-likeness (QED) is 0.250. The van der Waals surface area contributed by atoms with E-state index >= 15 is 0 Å². The lowest BCUT2D eigenvalue weighted by Gasteiger charge is -2.07. The number of aromatic hydroxyl groups is 1. The average molecular weight is 439 g/mol. The van der Waals surface area contributed by atoms with Crippen molar-refractivity contribution < 1.29 is 19.4 Å². The van der Waals surface area contributed by atoms with Gasteiger partial charge in [-0.25, -0.2) is 0 Å². The predicted molar refractivity (Wildman–Crippen MR) is 125 cm³/mol. The maximum Gasteiger partial charge on any atom is 0.298 e. The number of phenolic OH excluding ortho intramolecular Hbond substituents is 1. The Morgan fingerprint density at radius 3 is 2.44 bits per heavy atom. The number of aromatic nitrogens is 1. The van der Waals surface area contributed by atoms with Crippen molar-refractivity contribution in [2.24, 2.45) is 0 Å². The summed E-state index contributed by atoms with van der Waals surface area (Å²) in [5.74, 6) is 0.559. The van der Waals surface area contributed by atoms with Gasteiger partial charge in [-0.2, -0.15) is 0 Å². The molecule has 0 radical (unpaired) electrons. The van der Waals surface area contributed by atoms with E-state index in [0.29, 0.717) is 22.7 Å². The van der Waals surface area contributed by atoms with Crippen LogP contribution in [0.15, 0.2) is 85.1 Å². The molecule has 0 fully saturated rings. The van der Waals surface area contributed by atoms with Gasteiger partial charge in [0.2, 0.25) is 5.78 Å². The van der Waals surface area contributed by atoms with Crippen LogP contribution in [0.4, 0.5) is 0 Å². The highest BCUT2D eigenvalue weighted by atomic mass is 32.1. The number of thiophene rings is 1. The summed E-state index contributed by atoms with van der Waals surface area (Å²) < 4.78 is 5.71. The number of ketones is 1. The number of carbonyl (C=O) groups is 2. The maximum absolute atomic E-state index is 13.3. The number of hydrogen-bond acceptors (Lipinski definition) is 5. The first kappa shape index (κ1) is 19.8. The minimum Gasteiger partial charge on any atom is -0.508 e. The van der Waals surface area contributed by atoms with Crippen LogP contribution < -0.4 is 4.74 Å². The number of nitrogens with one attached hydrogen (secondary N) is 1. The molecule has 0 aliphatic carbocycles. The van der Waals surface area contributed by atoms with Gasteiger partial charge < -0.3 is 14.8 Å². The number of hydrogen-bond donors (Lipinski definition) is 2. The zero-order chi connectivity index (χ0) is 22.1. The third-order valence-corrected chi connectivity index (χ3v) is 6.39. The Morgan fingerprint density at radius 2 is 1.69 bits per heavy atom. The molecule has 2 heterocycles. The molecule has 0 saturated heterocycles. The lowest BCUT2D eigenvalue weighted by molar-refractivity contribution is -0.120. The van der Waals surface area contributed by atoms with E-state index in [1.807, 2.05) is 48.5 Å². The Morgan fingerprint density at radius 1 is 0.938 bits per heavy atom. The Bertz CT molecular complexity index is 1430. The first-order valence-electron chi connectivity index (χ1n) is 9.89. The molecule has 156 valence electrons. The normalized spacial score (nSPS) is 10.9. The fourth-order valence-corrected chi connectivity index (χ4v) is 4.95. The molecular weight excluding hydrogens is 422 g/mol. The van der Waals surface area contributed by atoms with Gasteiger partial charge in [-0.05, 0) is 29.3 Å². The highest BCUT2D eigenvalue weighted by Gasteiger charge is 2.21. The Balaban J connectivity index is 1.61. The maximum atomic E-state index is 13.3. The van der Waals surface area contributed by atoms with Crippen LogP contribution in [0.3, 0.4) is 0 Å². The molecule has 2 aromatic heterocycles. The van der Waals surface area contributed by atoms with E-state index in [9.17, 15) is 14.7 Å². The number of H-pyrrole nitrogens is 1. The third kappa shape index (κ3) is 3.57. The van der Waals surface area contributed by atoms with E-state index in [0.717, 1.165) is 32.5 Å². The molecule has 5 nitrogen and oxygen atoms in total. The summed E-state index contributed by atoms with van der Waals surface area (Å²) in [6.07, 6.45) is 1.62. The predicted octanol–water partition coefficient (Wildman–Crippen LogP) is 6.04. The van der Waals surface area contributed by atoms with E-state index in [-0.39, 0.29) is 11.5 Å². The second-order valence-electron chi connectivity index (χ2n) is 7.22. The summed E-state index contributed by atoms with van der Waals surface area (Å²) in [6.45, 7) is 0.390. The van der Waals surface area contributed by atoms with Crippen molar-refractivity contribution in [3.8, 4) is 33.9 Å². The van der Waals surface area contributed by atoms with Crippen LogP contribution in [-0.4, -0.2) is 22.3 Å². The number of benzene rings is 3. The van der Waals surface area contributed by atoms with Gasteiger partial charge in [0.1, 0.15) is 11.5 Å². The highest BCUT2D eigenvalue weighted by molar-refractivity contribution is 7.21. The molecule has 0 saturated carbocycles. The monoisotopic (exact) mass is 439 g/mol. The van der Waals surface area contributed by atoms with Gasteiger partial charge in [0.15, 0.2) is 0 Å². The van der Waals surface area contributed by atoms with Gasteiger partial charge in [0.05, 0.1) is 4.88 Å². The number of rotatable bonds is 6. The van der Waals surface area contributed by atoms with Crippen LogP contribution in [0.25, 0.3) is 32.5 Å². The summed E-state index contributed by atoms with van der Waals surface area (Å²) in [4.78, 5) is 27.6. The molecule has 0 aliphatic rings. The molecule has 0 amide bonds. The molecule has 0 aliphatic heterocycles. The minimum atomic E-state index is -0.0506. The zero-order valence-corrected chi connectivity index (χ0v) is 17.6. The second kappa shape index (κ2) is 8.17. The molecule has 0 unspecified atom stereocenters. The Hall–Kier alpha value is -4.16. The van der Waals surface area contributed by atoms with Crippen molar-refractivity contribution in [3.63, 3.8) is 0 Å². The van der Waals surface area contributed by atoms with Crippen LogP contribution in [0.2, 0.25) is 0 Å². The van der Waals surface area contributed by atoms with E-state index in [1.54, 1.807) is 36.5 Å². The SMILES string of the molecule is O=COc1c[nH]c(-c2ccc(-c3c(C(=O)c4ccccc4)sc4cc(O)ccc34)cc2)c1. The number of fused-ring (bicyclic) bond motifs is 1. The van der Waals surface area contributed by atoms with Gasteiger partial charge in [-0.1, -0.05) is 54.6 Å². The standard InChI is InChI=1S/C26H17NO4S/c28-15-31-20-13-22(27-14-20)16-6-8-17(9-7-16)24-21-11-10-19(29)12-23(21)32-26(24)25(30)18-4-2-1-3-5-18/h1-15,27,29H. The van der Waals surface area contributed by atoms with Crippen molar-refractivity contribution in [2.45, 2.75) is 0 Å². The first-order chi connectivity index (χ1) is 15.6. The van der Waals surface area contributed by atoms with Gasteiger partial charge in [0, 0.05) is 39.2 Å².